The van der Waals surface area contributed by atoms with Crippen LogP contribution in [0.2, 0.25) is 0 Å². The highest BCUT2D eigenvalue weighted by Gasteiger charge is 2.50. The van der Waals surface area contributed by atoms with Gasteiger partial charge in [-0.2, -0.15) is 0 Å². The molecule has 1 N–H and O–H groups in total. The number of amides is 1. The molecule has 1 heterocycles. The smallest absolute Gasteiger partial charge is 0.326 e. The van der Waals surface area contributed by atoms with Gasteiger partial charge in [0.1, 0.15) is 11.8 Å². The van der Waals surface area contributed by atoms with E-state index in [9.17, 15) is 14.7 Å². The molecule has 2 aliphatic rings. The molecule has 124 valence electrons. The van der Waals surface area contributed by atoms with Gasteiger partial charge in [0.2, 0.25) is 5.91 Å². The van der Waals surface area contributed by atoms with E-state index in [0.29, 0.717) is 13.0 Å². The molecule has 2 fully saturated rings. The SMILES string of the molecule is COc1cccc(C2CC2C(=O)N2CC(OC)CC2C(=O)O)c1. The predicted molar refractivity (Wildman–Crippen MR) is 82.4 cm³/mol. The highest BCUT2D eigenvalue weighted by Crippen LogP contribution is 2.49. The van der Waals surface area contributed by atoms with Crippen LogP contribution in [0.1, 0.15) is 24.3 Å². The van der Waals surface area contributed by atoms with Gasteiger partial charge >= 0.3 is 5.97 Å². The summed E-state index contributed by atoms with van der Waals surface area (Å²) in [6.45, 7) is 0.355. The summed E-state index contributed by atoms with van der Waals surface area (Å²) in [5.41, 5.74) is 1.07. The first-order valence-electron chi connectivity index (χ1n) is 7.75. The lowest BCUT2D eigenvalue weighted by Gasteiger charge is -2.21. The van der Waals surface area contributed by atoms with Crippen LogP contribution >= 0.6 is 0 Å². The van der Waals surface area contributed by atoms with Crippen LogP contribution in [0.3, 0.4) is 0 Å². The van der Waals surface area contributed by atoms with Crippen LogP contribution in [0.25, 0.3) is 0 Å². The van der Waals surface area contributed by atoms with E-state index in [-0.39, 0.29) is 23.8 Å². The maximum atomic E-state index is 12.7. The molecule has 1 amide bonds. The third-order valence-electron chi connectivity index (χ3n) is 4.79. The summed E-state index contributed by atoms with van der Waals surface area (Å²) >= 11 is 0. The zero-order chi connectivity index (χ0) is 16.6. The van der Waals surface area contributed by atoms with Crippen LogP contribution in [0.4, 0.5) is 0 Å². The number of carbonyl (C=O) groups is 2. The van der Waals surface area contributed by atoms with E-state index >= 15 is 0 Å². The van der Waals surface area contributed by atoms with E-state index in [4.69, 9.17) is 9.47 Å². The molecule has 0 spiro atoms. The lowest BCUT2D eigenvalue weighted by atomic mass is 10.1. The minimum Gasteiger partial charge on any atom is -0.497 e. The van der Waals surface area contributed by atoms with Crippen LogP contribution in [0.5, 0.6) is 5.75 Å². The summed E-state index contributed by atoms with van der Waals surface area (Å²) in [4.78, 5) is 25.6. The minimum absolute atomic E-state index is 0.0789. The zero-order valence-corrected chi connectivity index (χ0v) is 13.3. The monoisotopic (exact) mass is 319 g/mol. The molecule has 1 aromatic carbocycles. The van der Waals surface area contributed by atoms with Crippen LogP contribution in [0, 0.1) is 5.92 Å². The first kappa shape index (κ1) is 15.8. The van der Waals surface area contributed by atoms with Crippen molar-refractivity contribution < 1.29 is 24.2 Å². The van der Waals surface area contributed by atoms with Crippen molar-refractivity contribution in [2.24, 2.45) is 5.92 Å². The molecule has 3 rings (SSSR count). The van der Waals surface area contributed by atoms with Crippen LogP contribution in [0.15, 0.2) is 24.3 Å². The lowest BCUT2D eigenvalue weighted by molar-refractivity contribution is -0.148. The van der Waals surface area contributed by atoms with Gasteiger partial charge in [-0.1, -0.05) is 12.1 Å². The van der Waals surface area contributed by atoms with E-state index in [1.165, 1.54) is 4.90 Å². The van der Waals surface area contributed by atoms with Gasteiger partial charge < -0.3 is 19.5 Å². The van der Waals surface area contributed by atoms with Crippen molar-refractivity contribution in [3.8, 4) is 5.75 Å². The molecule has 1 aromatic rings. The quantitative estimate of drug-likeness (QED) is 0.890. The fourth-order valence-electron chi connectivity index (χ4n) is 3.37. The van der Waals surface area contributed by atoms with Crippen LogP contribution < -0.4 is 4.74 Å². The maximum Gasteiger partial charge on any atom is 0.326 e. The van der Waals surface area contributed by atoms with Gasteiger partial charge in [-0.3, -0.25) is 4.79 Å². The second-order valence-corrected chi connectivity index (χ2v) is 6.16. The van der Waals surface area contributed by atoms with Gasteiger partial charge in [0, 0.05) is 26.0 Å². The molecule has 0 radical (unpaired) electrons. The molecule has 0 bridgehead atoms. The van der Waals surface area contributed by atoms with Crippen molar-refractivity contribution in [2.75, 3.05) is 20.8 Å². The van der Waals surface area contributed by atoms with Crippen LogP contribution in [-0.4, -0.2) is 54.8 Å². The Morgan fingerprint density at radius 3 is 2.70 bits per heavy atom. The molecule has 1 aliphatic heterocycles. The summed E-state index contributed by atoms with van der Waals surface area (Å²) in [5.74, 6) is -0.265. The van der Waals surface area contributed by atoms with Crippen molar-refractivity contribution in [1.29, 1.82) is 0 Å². The van der Waals surface area contributed by atoms with Gasteiger partial charge in [-0.25, -0.2) is 4.79 Å². The largest absolute Gasteiger partial charge is 0.497 e. The summed E-state index contributed by atoms with van der Waals surface area (Å²) < 4.78 is 10.5. The second kappa shape index (κ2) is 6.20. The first-order valence-corrected chi connectivity index (χ1v) is 7.75. The van der Waals surface area contributed by atoms with E-state index < -0.39 is 12.0 Å². The fraction of sp³-hybridized carbons (Fsp3) is 0.529. The minimum atomic E-state index is -0.962. The average molecular weight is 319 g/mol. The molecule has 6 heteroatoms. The zero-order valence-electron chi connectivity index (χ0n) is 13.3. The number of hydrogen-bond acceptors (Lipinski definition) is 4. The van der Waals surface area contributed by atoms with E-state index in [1.807, 2.05) is 24.3 Å². The van der Waals surface area contributed by atoms with Crippen molar-refractivity contribution in [3.63, 3.8) is 0 Å². The second-order valence-electron chi connectivity index (χ2n) is 6.16. The Kier molecular flexibility index (Phi) is 4.26. The number of carboxylic acids is 1. The highest BCUT2D eigenvalue weighted by atomic mass is 16.5. The Balaban J connectivity index is 1.70. The van der Waals surface area contributed by atoms with Crippen molar-refractivity contribution in [2.45, 2.75) is 30.9 Å². The Labute approximate surface area is 135 Å². The van der Waals surface area contributed by atoms with E-state index in [2.05, 4.69) is 0 Å². The lowest BCUT2D eigenvalue weighted by Crippen LogP contribution is -2.41. The van der Waals surface area contributed by atoms with Crippen molar-refractivity contribution >= 4 is 11.9 Å². The average Bonchev–Trinajstić information content (AvgIpc) is 3.24. The van der Waals surface area contributed by atoms with Crippen molar-refractivity contribution in [1.82, 2.24) is 4.90 Å². The fourth-order valence-corrected chi connectivity index (χ4v) is 3.37. The molecular formula is C17H21NO5. The summed E-state index contributed by atoms with van der Waals surface area (Å²) in [6, 6.07) is 6.92. The number of rotatable bonds is 5. The Morgan fingerprint density at radius 1 is 1.26 bits per heavy atom. The first-order chi connectivity index (χ1) is 11.0. The number of nitrogens with zero attached hydrogens (tertiary/aromatic N) is 1. The summed E-state index contributed by atoms with van der Waals surface area (Å²) in [5, 5.41) is 9.33. The number of aliphatic carboxylic acids is 1. The third-order valence-corrected chi connectivity index (χ3v) is 4.79. The standard InChI is InChI=1S/C17H21NO5/c1-22-11-5-3-4-10(6-11)13-8-14(13)16(19)18-9-12(23-2)7-15(18)17(20)21/h3-6,12-15H,7-9H2,1-2H3,(H,20,21). The number of benzene rings is 1. The molecule has 0 aromatic heterocycles. The number of carbonyl (C=O) groups excluding carboxylic acids is 1. The number of carboxylic acid groups (broad SMARTS) is 1. The Hall–Kier alpha value is -2.08. The van der Waals surface area contributed by atoms with Crippen LogP contribution in [-0.2, 0) is 14.3 Å². The molecule has 4 atom stereocenters. The molecule has 1 saturated heterocycles. The van der Waals surface area contributed by atoms with Gasteiger partial charge in [0.25, 0.3) is 0 Å². The number of likely N-dealkylation sites (tertiary alicyclic amines) is 1. The Bertz CT molecular complexity index is 617. The molecule has 4 unspecified atom stereocenters. The maximum absolute atomic E-state index is 12.7. The van der Waals surface area contributed by atoms with E-state index in [0.717, 1.165) is 17.7 Å². The Morgan fingerprint density at radius 2 is 2.04 bits per heavy atom. The third kappa shape index (κ3) is 3.03. The van der Waals surface area contributed by atoms with E-state index in [1.54, 1.807) is 14.2 Å². The molecule has 23 heavy (non-hydrogen) atoms. The van der Waals surface area contributed by atoms with Gasteiger partial charge in [0.15, 0.2) is 0 Å². The van der Waals surface area contributed by atoms with Gasteiger partial charge in [0.05, 0.1) is 13.2 Å². The summed E-state index contributed by atoms with van der Waals surface area (Å²) in [6.07, 6.45) is 0.912. The molecular weight excluding hydrogens is 298 g/mol. The molecule has 6 nitrogen and oxygen atoms in total. The van der Waals surface area contributed by atoms with Crippen molar-refractivity contribution in [3.05, 3.63) is 29.8 Å². The molecule has 1 aliphatic carbocycles. The topological polar surface area (TPSA) is 76.1 Å². The number of ether oxygens (including phenoxy) is 2. The normalized spacial score (nSPS) is 29.4. The highest BCUT2D eigenvalue weighted by molar-refractivity contribution is 5.88. The predicted octanol–water partition coefficient (Wildman–Crippen LogP) is 1.50. The number of hydrogen-bond donors (Lipinski definition) is 1. The van der Waals surface area contributed by atoms with Gasteiger partial charge in [-0.15, -0.1) is 0 Å². The van der Waals surface area contributed by atoms with Gasteiger partial charge in [-0.05, 0) is 30.0 Å². The number of methoxy groups -OCH3 is 2. The molecule has 1 saturated carbocycles. The summed E-state index contributed by atoms with van der Waals surface area (Å²) in [7, 11) is 3.16.